The molecule has 0 spiro atoms. The molecule has 0 aromatic heterocycles. The van der Waals surface area contributed by atoms with E-state index in [0.717, 1.165) is 22.3 Å². The van der Waals surface area contributed by atoms with Gasteiger partial charge >= 0.3 is 12.1 Å². The van der Waals surface area contributed by atoms with Gasteiger partial charge in [0, 0.05) is 5.92 Å². The van der Waals surface area contributed by atoms with Crippen LogP contribution in [0.5, 0.6) is 0 Å². The molecule has 25 heavy (non-hydrogen) atoms. The van der Waals surface area contributed by atoms with Gasteiger partial charge in [-0.25, -0.2) is 9.59 Å². The molecule has 0 radical (unpaired) electrons. The number of carboxylic acid groups (broad SMARTS) is 1. The molecule has 0 unspecified atom stereocenters. The number of thiol groups is 1. The first-order valence-electron chi connectivity index (χ1n) is 8.07. The summed E-state index contributed by atoms with van der Waals surface area (Å²) in [6.45, 7) is 0.160. The van der Waals surface area contributed by atoms with E-state index < -0.39 is 18.1 Å². The van der Waals surface area contributed by atoms with Crippen LogP contribution >= 0.6 is 12.6 Å². The molecule has 0 saturated heterocycles. The lowest BCUT2D eigenvalue weighted by Gasteiger charge is -2.17. The SMILES string of the molecule is O=C(N[C@@H](CCS)C(=O)O)OCC1c2ccccc2-c2ccccc21. The van der Waals surface area contributed by atoms with Crippen molar-refractivity contribution in [2.24, 2.45) is 0 Å². The van der Waals surface area contributed by atoms with Crippen LogP contribution in [0.15, 0.2) is 48.5 Å². The second kappa shape index (κ2) is 7.61. The molecule has 1 aliphatic rings. The Labute approximate surface area is 151 Å². The standard InChI is InChI=1S/C19H19NO4S/c21-18(22)17(9-10-25)20-19(23)24-11-16-14-7-3-1-5-12(14)13-6-2-4-8-15(13)16/h1-8,16-17,25H,9-11H2,(H,20,23)(H,21,22)/t17-/m0/s1. The van der Waals surface area contributed by atoms with Crippen molar-refractivity contribution in [1.29, 1.82) is 0 Å². The molecule has 0 heterocycles. The molecule has 2 aromatic carbocycles. The molecular formula is C19H19NO4S. The lowest BCUT2D eigenvalue weighted by atomic mass is 9.98. The first-order chi connectivity index (χ1) is 12.1. The quantitative estimate of drug-likeness (QED) is 0.694. The second-order valence-corrected chi connectivity index (χ2v) is 6.32. The summed E-state index contributed by atoms with van der Waals surface area (Å²) >= 11 is 4.01. The normalized spacial score (nSPS) is 13.6. The molecular weight excluding hydrogens is 338 g/mol. The number of alkyl carbamates (subject to hydrolysis) is 1. The summed E-state index contributed by atoms with van der Waals surface area (Å²) in [5.74, 6) is -0.783. The van der Waals surface area contributed by atoms with Gasteiger partial charge in [0.05, 0.1) is 0 Å². The van der Waals surface area contributed by atoms with Crippen LogP contribution in [0.4, 0.5) is 4.79 Å². The average Bonchev–Trinajstić information content (AvgIpc) is 2.93. The van der Waals surface area contributed by atoms with Gasteiger partial charge < -0.3 is 15.2 Å². The van der Waals surface area contributed by atoms with Gasteiger partial charge in [0.1, 0.15) is 12.6 Å². The average molecular weight is 357 g/mol. The highest BCUT2D eigenvalue weighted by Gasteiger charge is 2.29. The van der Waals surface area contributed by atoms with Crippen LogP contribution < -0.4 is 5.32 Å². The highest BCUT2D eigenvalue weighted by atomic mass is 32.1. The molecule has 2 N–H and O–H groups in total. The summed E-state index contributed by atoms with van der Waals surface area (Å²) in [6.07, 6.45) is -0.487. The predicted molar refractivity (Wildman–Crippen MR) is 98.1 cm³/mol. The van der Waals surface area contributed by atoms with Crippen molar-refractivity contribution in [2.75, 3.05) is 12.4 Å². The summed E-state index contributed by atoms with van der Waals surface area (Å²) in [7, 11) is 0. The van der Waals surface area contributed by atoms with Crippen molar-refractivity contribution < 1.29 is 19.4 Å². The molecule has 3 rings (SSSR count). The lowest BCUT2D eigenvalue weighted by Crippen LogP contribution is -2.41. The fourth-order valence-electron chi connectivity index (χ4n) is 3.17. The highest BCUT2D eigenvalue weighted by molar-refractivity contribution is 7.80. The van der Waals surface area contributed by atoms with E-state index in [9.17, 15) is 9.59 Å². The van der Waals surface area contributed by atoms with Crippen molar-refractivity contribution in [2.45, 2.75) is 18.4 Å². The second-order valence-electron chi connectivity index (χ2n) is 5.87. The van der Waals surface area contributed by atoms with Gasteiger partial charge in [-0.3, -0.25) is 0 Å². The number of carbonyl (C=O) groups excluding carboxylic acids is 1. The van der Waals surface area contributed by atoms with Crippen LogP contribution in [0, 0.1) is 0 Å². The Morgan fingerprint density at radius 3 is 2.16 bits per heavy atom. The monoisotopic (exact) mass is 357 g/mol. The molecule has 1 aliphatic carbocycles. The Morgan fingerprint density at radius 1 is 1.08 bits per heavy atom. The van der Waals surface area contributed by atoms with E-state index in [2.05, 4.69) is 30.1 Å². The van der Waals surface area contributed by atoms with Crippen molar-refractivity contribution in [3.63, 3.8) is 0 Å². The molecule has 0 fully saturated rings. The first-order valence-corrected chi connectivity index (χ1v) is 8.70. The Balaban J connectivity index is 1.71. The van der Waals surface area contributed by atoms with Crippen LogP contribution in [0.2, 0.25) is 0 Å². The number of rotatable bonds is 6. The Hall–Kier alpha value is -2.47. The Bertz CT molecular complexity index is 747. The van der Waals surface area contributed by atoms with Gasteiger partial charge in [-0.05, 0) is 34.4 Å². The zero-order valence-corrected chi connectivity index (χ0v) is 14.4. The van der Waals surface area contributed by atoms with Gasteiger partial charge in [-0.15, -0.1) is 0 Å². The van der Waals surface area contributed by atoms with E-state index in [4.69, 9.17) is 9.84 Å². The van der Waals surface area contributed by atoms with Crippen molar-refractivity contribution in [3.05, 3.63) is 59.7 Å². The van der Waals surface area contributed by atoms with Crippen LogP contribution in [0.1, 0.15) is 23.5 Å². The zero-order valence-electron chi connectivity index (χ0n) is 13.5. The van der Waals surface area contributed by atoms with Gasteiger partial charge in [0.2, 0.25) is 0 Å². The van der Waals surface area contributed by atoms with Gasteiger partial charge in [-0.2, -0.15) is 12.6 Å². The number of nitrogens with one attached hydrogen (secondary N) is 1. The predicted octanol–water partition coefficient (Wildman–Crippen LogP) is 3.30. The summed E-state index contributed by atoms with van der Waals surface area (Å²) < 4.78 is 5.33. The van der Waals surface area contributed by atoms with E-state index in [0.29, 0.717) is 5.75 Å². The minimum atomic E-state index is -1.09. The number of carboxylic acids is 1. The highest BCUT2D eigenvalue weighted by Crippen LogP contribution is 2.44. The number of ether oxygens (including phenoxy) is 1. The lowest BCUT2D eigenvalue weighted by molar-refractivity contribution is -0.139. The fraction of sp³-hybridized carbons (Fsp3) is 0.263. The third-order valence-electron chi connectivity index (χ3n) is 4.35. The molecule has 5 nitrogen and oxygen atoms in total. The number of fused-ring (bicyclic) bond motifs is 3. The minimum Gasteiger partial charge on any atom is -0.480 e. The maximum Gasteiger partial charge on any atom is 0.407 e. The third kappa shape index (κ3) is 3.64. The van der Waals surface area contributed by atoms with Gasteiger partial charge in [0.25, 0.3) is 0 Å². The molecule has 130 valence electrons. The van der Waals surface area contributed by atoms with E-state index in [-0.39, 0.29) is 18.9 Å². The van der Waals surface area contributed by atoms with E-state index in [1.165, 1.54) is 0 Å². The van der Waals surface area contributed by atoms with Crippen LogP contribution in [0.3, 0.4) is 0 Å². The number of hydrogen-bond donors (Lipinski definition) is 3. The number of aliphatic carboxylic acids is 1. The van der Waals surface area contributed by atoms with E-state index >= 15 is 0 Å². The van der Waals surface area contributed by atoms with Crippen molar-refractivity contribution in [3.8, 4) is 11.1 Å². The van der Waals surface area contributed by atoms with Crippen LogP contribution in [0.25, 0.3) is 11.1 Å². The summed E-state index contributed by atoms with van der Waals surface area (Å²) in [4.78, 5) is 23.1. The molecule has 2 aromatic rings. The molecule has 1 atom stereocenters. The van der Waals surface area contributed by atoms with Crippen molar-refractivity contribution in [1.82, 2.24) is 5.32 Å². The van der Waals surface area contributed by atoms with Gasteiger partial charge in [0.15, 0.2) is 0 Å². The largest absolute Gasteiger partial charge is 0.480 e. The van der Waals surface area contributed by atoms with Crippen LogP contribution in [-0.2, 0) is 9.53 Å². The molecule has 1 amide bonds. The number of amides is 1. The topological polar surface area (TPSA) is 75.6 Å². The zero-order chi connectivity index (χ0) is 17.8. The summed E-state index contributed by atoms with van der Waals surface area (Å²) in [6, 6.07) is 15.1. The Kier molecular flexibility index (Phi) is 5.28. The van der Waals surface area contributed by atoms with E-state index in [1.54, 1.807) is 0 Å². The third-order valence-corrected chi connectivity index (χ3v) is 4.61. The number of carbonyl (C=O) groups is 2. The Morgan fingerprint density at radius 2 is 1.64 bits per heavy atom. The minimum absolute atomic E-state index is 0.0497. The first kappa shape index (κ1) is 17.4. The molecule has 0 bridgehead atoms. The fourth-order valence-corrected chi connectivity index (χ4v) is 3.43. The maximum atomic E-state index is 12.0. The van der Waals surface area contributed by atoms with Crippen LogP contribution in [-0.4, -0.2) is 35.6 Å². The van der Waals surface area contributed by atoms with E-state index in [1.807, 2.05) is 36.4 Å². The maximum absolute atomic E-state index is 12.0. The molecule has 6 heteroatoms. The number of benzene rings is 2. The van der Waals surface area contributed by atoms with Gasteiger partial charge in [-0.1, -0.05) is 48.5 Å². The summed E-state index contributed by atoms with van der Waals surface area (Å²) in [5.41, 5.74) is 4.51. The number of hydrogen-bond acceptors (Lipinski definition) is 4. The van der Waals surface area contributed by atoms with Crippen molar-refractivity contribution >= 4 is 24.7 Å². The summed E-state index contributed by atoms with van der Waals surface area (Å²) in [5, 5.41) is 11.5. The molecule has 0 aliphatic heterocycles. The molecule has 0 saturated carbocycles. The smallest absolute Gasteiger partial charge is 0.407 e.